The summed E-state index contributed by atoms with van der Waals surface area (Å²) < 4.78 is 7.07. The molecule has 1 heterocycles. The van der Waals surface area contributed by atoms with Crippen LogP contribution in [-0.2, 0) is 5.33 Å². The molecule has 0 saturated carbocycles. The summed E-state index contributed by atoms with van der Waals surface area (Å²) >= 11 is 6.94. The first-order valence-electron chi connectivity index (χ1n) is 6.50. The molecule has 20 heavy (non-hydrogen) atoms. The Bertz CT molecular complexity index is 611. The number of aromatic nitrogens is 1. The molecule has 1 aromatic carbocycles. The Morgan fingerprint density at radius 1 is 1.25 bits per heavy atom. The maximum Gasteiger partial charge on any atom is 0.222 e. The molecule has 4 heteroatoms. The average molecular weight is 399 g/mol. The van der Waals surface area contributed by atoms with Crippen molar-refractivity contribution in [3.05, 3.63) is 51.6 Å². The summed E-state index contributed by atoms with van der Waals surface area (Å²) in [5, 5.41) is 0.802. The molecule has 2 aromatic rings. The van der Waals surface area contributed by atoms with Gasteiger partial charge < -0.3 is 4.74 Å². The number of hydrogen-bond donors (Lipinski definition) is 0. The minimum Gasteiger partial charge on any atom is -0.438 e. The third-order valence-electron chi connectivity index (χ3n) is 3.04. The van der Waals surface area contributed by atoms with E-state index in [1.807, 2.05) is 25.3 Å². The summed E-state index contributed by atoms with van der Waals surface area (Å²) in [5.41, 5.74) is 3.36. The number of pyridine rings is 1. The van der Waals surface area contributed by atoms with Crippen molar-refractivity contribution in [3.63, 3.8) is 0 Å². The minimum absolute atomic E-state index is 0.393. The van der Waals surface area contributed by atoms with Crippen LogP contribution in [0.2, 0.25) is 0 Å². The van der Waals surface area contributed by atoms with Crippen LogP contribution in [0.25, 0.3) is 0 Å². The van der Waals surface area contributed by atoms with E-state index in [2.05, 4.69) is 62.8 Å². The lowest BCUT2D eigenvalue weighted by molar-refractivity contribution is 0.450. The maximum atomic E-state index is 6.01. The standard InChI is InChI=1S/C16H17Br2NO/c1-10(2)14-7-13(18)4-5-15(14)20-16-11(3)6-12(8-17)9-19-16/h4-7,9-10H,8H2,1-3H3. The molecule has 2 rings (SSSR count). The Hall–Kier alpha value is -0.870. The van der Waals surface area contributed by atoms with Crippen LogP contribution in [0.1, 0.15) is 36.5 Å². The van der Waals surface area contributed by atoms with Gasteiger partial charge in [-0.15, -0.1) is 0 Å². The number of alkyl halides is 1. The molecule has 106 valence electrons. The number of nitrogens with zero attached hydrogens (tertiary/aromatic N) is 1. The summed E-state index contributed by atoms with van der Waals surface area (Å²) in [4.78, 5) is 4.40. The van der Waals surface area contributed by atoms with Crippen molar-refractivity contribution in [2.75, 3.05) is 0 Å². The maximum absolute atomic E-state index is 6.01. The van der Waals surface area contributed by atoms with E-state index in [0.717, 1.165) is 26.7 Å². The molecule has 0 aliphatic heterocycles. The molecule has 2 nitrogen and oxygen atoms in total. The monoisotopic (exact) mass is 397 g/mol. The molecule has 0 aliphatic rings. The molecule has 0 aliphatic carbocycles. The van der Waals surface area contributed by atoms with Gasteiger partial charge >= 0.3 is 0 Å². The number of rotatable bonds is 4. The predicted molar refractivity (Wildman–Crippen MR) is 89.9 cm³/mol. The first-order chi connectivity index (χ1) is 9.51. The van der Waals surface area contributed by atoms with Crippen LogP contribution in [0, 0.1) is 6.92 Å². The fourth-order valence-corrected chi connectivity index (χ4v) is 2.65. The number of benzene rings is 1. The van der Waals surface area contributed by atoms with Crippen molar-refractivity contribution in [1.29, 1.82) is 0 Å². The Kier molecular flexibility index (Phi) is 5.22. The Morgan fingerprint density at radius 3 is 2.60 bits per heavy atom. The molecule has 0 unspecified atom stereocenters. The van der Waals surface area contributed by atoms with Gasteiger partial charge in [-0.1, -0.05) is 45.7 Å². The molecule has 0 spiro atoms. The SMILES string of the molecule is Cc1cc(CBr)cnc1Oc1ccc(Br)cc1C(C)C. The zero-order valence-electron chi connectivity index (χ0n) is 11.8. The largest absolute Gasteiger partial charge is 0.438 e. The van der Waals surface area contributed by atoms with Crippen molar-refractivity contribution >= 4 is 31.9 Å². The van der Waals surface area contributed by atoms with Crippen molar-refractivity contribution < 1.29 is 4.74 Å². The second-order valence-electron chi connectivity index (χ2n) is 5.04. The third kappa shape index (κ3) is 3.61. The Labute approximate surface area is 136 Å². The van der Waals surface area contributed by atoms with Crippen LogP contribution in [-0.4, -0.2) is 4.98 Å². The predicted octanol–water partition coefficient (Wildman–Crippen LogP) is 5.96. The van der Waals surface area contributed by atoms with E-state index in [1.165, 1.54) is 5.56 Å². The van der Waals surface area contributed by atoms with Crippen LogP contribution in [0.3, 0.4) is 0 Å². The first kappa shape index (κ1) is 15.5. The normalized spacial score (nSPS) is 10.9. The molecule has 0 N–H and O–H groups in total. The molecular weight excluding hydrogens is 382 g/mol. The zero-order chi connectivity index (χ0) is 14.7. The van der Waals surface area contributed by atoms with Crippen LogP contribution in [0.15, 0.2) is 34.9 Å². The fourth-order valence-electron chi connectivity index (χ4n) is 1.97. The average Bonchev–Trinajstić information content (AvgIpc) is 2.42. The highest BCUT2D eigenvalue weighted by Crippen LogP contribution is 2.33. The van der Waals surface area contributed by atoms with Gasteiger partial charge in [0.1, 0.15) is 5.75 Å². The number of halogens is 2. The number of ether oxygens (including phenoxy) is 1. The Morgan fingerprint density at radius 2 is 2.00 bits per heavy atom. The van der Waals surface area contributed by atoms with Gasteiger partial charge in [0.15, 0.2) is 0 Å². The van der Waals surface area contributed by atoms with Crippen molar-refractivity contribution in [3.8, 4) is 11.6 Å². The van der Waals surface area contributed by atoms with Crippen LogP contribution < -0.4 is 4.74 Å². The van der Waals surface area contributed by atoms with E-state index < -0.39 is 0 Å². The fraction of sp³-hybridized carbons (Fsp3) is 0.312. The summed E-state index contributed by atoms with van der Waals surface area (Å²) in [7, 11) is 0. The van der Waals surface area contributed by atoms with Gasteiger partial charge in [0.25, 0.3) is 0 Å². The van der Waals surface area contributed by atoms with Gasteiger partial charge in [0.2, 0.25) is 5.88 Å². The van der Waals surface area contributed by atoms with Crippen LogP contribution in [0.5, 0.6) is 11.6 Å². The highest BCUT2D eigenvalue weighted by molar-refractivity contribution is 9.10. The molecule has 0 atom stereocenters. The van der Waals surface area contributed by atoms with Gasteiger partial charge in [-0.25, -0.2) is 4.98 Å². The van der Waals surface area contributed by atoms with Crippen molar-refractivity contribution in [2.45, 2.75) is 32.0 Å². The third-order valence-corrected chi connectivity index (χ3v) is 4.18. The molecule has 1 aromatic heterocycles. The molecule has 0 fully saturated rings. The van der Waals surface area contributed by atoms with Gasteiger partial charge in [-0.3, -0.25) is 0 Å². The van der Waals surface area contributed by atoms with E-state index in [0.29, 0.717) is 11.8 Å². The van der Waals surface area contributed by atoms with E-state index >= 15 is 0 Å². The van der Waals surface area contributed by atoms with Gasteiger partial charge in [0, 0.05) is 21.6 Å². The quantitative estimate of drug-likeness (QED) is 0.592. The molecule has 0 radical (unpaired) electrons. The number of hydrogen-bond acceptors (Lipinski definition) is 2. The number of aryl methyl sites for hydroxylation is 1. The molecular formula is C16H17Br2NO. The topological polar surface area (TPSA) is 22.1 Å². The summed E-state index contributed by atoms with van der Waals surface area (Å²) in [6.07, 6.45) is 1.84. The lowest BCUT2D eigenvalue weighted by Crippen LogP contribution is -1.97. The van der Waals surface area contributed by atoms with E-state index in [1.54, 1.807) is 0 Å². The highest BCUT2D eigenvalue weighted by atomic mass is 79.9. The van der Waals surface area contributed by atoms with Gasteiger partial charge in [-0.05, 0) is 48.2 Å². The van der Waals surface area contributed by atoms with Gasteiger partial charge in [0.05, 0.1) is 0 Å². The van der Waals surface area contributed by atoms with Crippen LogP contribution >= 0.6 is 31.9 Å². The summed E-state index contributed by atoms with van der Waals surface area (Å²) in [6.45, 7) is 6.33. The molecule has 0 saturated heterocycles. The van der Waals surface area contributed by atoms with E-state index in [4.69, 9.17) is 4.74 Å². The zero-order valence-corrected chi connectivity index (χ0v) is 15.0. The summed E-state index contributed by atoms with van der Waals surface area (Å²) in [5.74, 6) is 1.92. The second kappa shape index (κ2) is 6.72. The first-order valence-corrected chi connectivity index (χ1v) is 8.41. The molecule has 0 bridgehead atoms. The van der Waals surface area contributed by atoms with Crippen molar-refractivity contribution in [1.82, 2.24) is 4.98 Å². The Balaban J connectivity index is 2.35. The minimum atomic E-state index is 0.393. The molecule has 0 amide bonds. The van der Waals surface area contributed by atoms with E-state index in [-0.39, 0.29) is 0 Å². The second-order valence-corrected chi connectivity index (χ2v) is 6.51. The lowest BCUT2D eigenvalue weighted by atomic mass is 10.0. The van der Waals surface area contributed by atoms with Crippen LogP contribution in [0.4, 0.5) is 0 Å². The smallest absolute Gasteiger partial charge is 0.222 e. The summed E-state index contributed by atoms with van der Waals surface area (Å²) in [6, 6.07) is 8.16. The van der Waals surface area contributed by atoms with Gasteiger partial charge in [-0.2, -0.15) is 0 Å². The van der Waals surface area contributed by atoms with Crippen molar-refractivity contribution in [2.24, 2.45) is 0 Å². The van der Waals surface area contributed by atoms with E-state index in [9.17, 15) is 0 Å². The highest BCUT2D eigenvalue weighted by Gasteiger charge is 2.11. The lowest BCUT2D eigenvalue weighted by Gasteiger charge is -2.15.